The zero-order chi connectivity index (χ0) is 13.7. The number of hydrogen-bond acceptors (Lipinski definition) is 2. The molecule has 4 heteroatoms. The van der Waals surface area contributed by atoms with Crippen molar-refractivity contribution in [2.75, 3.05) is 6.54 Å². The second-order valence-corrected chi connectivity index (χ2v) is 6.12. The van der Waals surface area contributed by atoms with Gasteiger partial charge >= 0.3 is 0 Å². The van der Waals surface area contributed by atoms with Crippen LogP contribution in [0.15, 0.2) is 0 Å². The minimum Gasteiger partial charge on any atom is -0.354 e. The molecule has 0 bridgehead atoms. The molecule has 0 aromatic carbocycles. The summed E-state index contributed by atoms with van der Waals surface area (Å²) in [4.78, 5) is 23.8. The molecule has 0 radical (unpaired) electrons. The smallest absolute Gasteiger partial charge is 0.223 e. The molecule has 0 aromatic rings. The fourth-order valence-corrected chi connectivity index (χ4v) is 3.19. The highest BCUT2D eigenvalue weighted by Gasteiger charge is 2.25. The summed E-state index contributed by atoms with van der Waals surface area (Å²) in [5.41, 5.74) is 0. The fourth-order valence-electron chi connectivity index (χ4n) is 3.19. The average molecular weight is 266 g/mol. The maximum Gasteiger partial charge on any atom is 0.223 e. The zero-order valence-corrected chi connectivity index (χ0v) is 11.9. The van der Waals surface area contributed by atoms with Gasteiger partial charge in [-0.2, -0.15) is 0 Å². The standard InChI is InChI=1S/C15H26N2O2/c1-11(17-15(19)13-8-4-5-9-13)10-16-14(18)12-6-2-3-7-12/h11-13H,2-10H2,1H3,(H,16,18)(H,17,19). The molecular formula is C15H26N2O2. The summed E-state index contributed by atoms with van der Waals surface area (Å²) >= 11 is 0. The predicted molar refractivity (Wildman–Crippen MR) is 74.5 cm³/mol. The molecule has 0 saturated heterocycles. The second kappa shape index (κ2) is 6.92. The van der Waals surface area contributed by atoms with Crippen LogP contribution in [-0.4, -0.2) is 24.4 Å². The van der Waals surface area contributed by atoms with Crippen molar-refractivity contribution >= 4 is 11.8 Å². The first-order chi connectivity index (χ1) is 9.16. The van der Waals surface area contributed by atoms with Gasteiger partial charge in [-0.1, -0.05) is 25.7 Å². The van der Waals surface area contributed by atoms with E-state index in [9.17, 15) is 9.59 Å². The number of hydrogen-bond donors (Lipinski definition) is 2. The Bertz CT molecular complexity index is 318. The lowest BCUT2D eigenvalue weighted by Gasteiger charge is -2.18. The minimum absolute atomic E-state index is 0.0263. The molecule has 0 heterocycles. The lowest BCUT2D eigenvalue weighted by atomic mass is 10.1. The van der Waals surface area contributed by atoms with Gasteiger partial charge in [0.25, 0.3) is 0 Å². The van der Waals surface area contributed by atoms with Gasteiger partial charge in [0, 0.05) is 24.4 Å². The molecule has 2 amide bonds. The fraction of sp³-hybridized carbons (Fsp3) is 0.867. The Labute approximate surface area is 115 Å². The molecule has 19 heavy (non-hydrogen) atoms. The van der Waals surface area contributed by atoms with Gasteiger partial charge < -0.3 is 10.6 Å². The molecule has 0 aliphatic heterocycles. The van der Waals surface area contributed by atoms with Crippen LogP contribution in [-0.2, 0) is 9.59 Å². The first-order valence-electron chi connectivity index (χ1n) is 7.75. The molecule has 2 aliphatic carbocycles. The third kappa shape index (κ3) is 4.22. The van der Waals surface area contributed by atoms with E-state index in [1.807, 2.05) is 6.92 Å². The predicted octanol–water partition coefficient (Wildman–Crippen LogP) is 1.99. The first-order valence-corrected chi connectivity index (χ1v) is 7.75. The molecule has 1 unspecified atom stereocenters. The van der Waals surface area contributed by atoms with Gasteiger partial charge in [-0.15, -0.1) is 0 Å². The SMILES string of the molecule is CC(CNC(=O)C1CCCC1)NC(=O)C1CCCC1. The average Bonchev–Trinajstić information content (AvgIpc) is 3.07. The van der Waals surface area contributed by atoms with Crippen LogP contribution in [0.4, 0.5) is 0 Å². The molecule has 1 atom stereocenters. The summed E-state index contributed by atoms with van der Waals surface area (Å²) in [6.07, 6.45) is 8.77. The summed E-state index contributed by atoms with van der Waals surface area (Å²) < 4.78 is 0. The molecule has 0 aromatic heterocycles. The van der Waals surface area contributed by atoms with E-state index in [-0.39, 0.29) is 29.7 Å². The molecule has 108 valence electrons. The Balaban J connectivity index is 1.64. The van der Waals surface area contributed by atoms with Crippen LogP contribution in [0.25, 0.3) is 0 Å². The van der Waals surface area contributed by atoms with Crippen molar-refractivity contribution in [3.8, 4) is 0 Å². The van der Waals surface area contributed by atoms with Crippen LogP contribution in [0, 0.1) is 11.8 Å². The third-order valence-corrected chi connectivity index (χ3v) is 4.42. The Hall–Kier alpha value is -1.06. The lowest BCUT2D eigenvalue weighted by molar-refractivity contribution is -0.127. The van der Waals surface area contributed by atoms with E-state index in [1.165, 1.54) is 25.7 Å². The number of carbonyl (C=O) groups excluding carboxylic acids is 2. The Morgan fingerprint density at radius 2 is 1.42 bits per heavy atom. The van der Waals surface area contributed by atoms with E-state index < -0.39 is 0 Å². The number of nitrogens with one attached hydrogen (secondary N) is 2. The molecule has 0 spiro atoms. The zero-order valence-electron chi connectivity index (χ0n) is 11.9. The Morgan fingerprint density at radius 3 is 1.95 bits per heavy atom. The van der Waals surface area contributed by atoms with Crippen LogP contribution in [0.2, 0.25) is 0 Å². The largest absolute Gasteiger partial charge is 0.354 e. The van der Waals surface area contributed by atoms with Crippen molar-refractivity contribution in [2.45, 2.75) is 64.3 Å². The van der Waals surface area contributed by atoms with Crippen LogP contribution < -0.4 is 10.6 Å². The topological polar surface area (TPSA) is 58.2 Å². The molecule has 2 fully saturated rings. The van der Waals surface area contributed by atoms with Gasteiger partial charge in [0.2, 0.25) is 11.8 Å². The van der Waals surface area contributed by atoms with Crippen molar-refractivity contribution in [3.05, 3.63) is 0 Å². The normalized spacial score (nSPS) is 22.4. The van der Waals surface area contributed by atoms with E-state index in [1.54, 1.807) is 0 Å². The maximum absolute atomic E-state index is 11.9. The quantitative estimate of drug-likeness (QED) is 0.799. The molecule has 2 aliphatic rings. The maximum atomic E-state index is 11.9. The van der Waals surface area contributed by atoms with Gasteiger partial charge in [-0.25, -0.2) is 0 Å². The van der Waals surface area contributed by atoms with Crippen LogP contribution in [0.1, 0.15) is 58.3 Å². The lowest BCUT2D eigenvalue weighted by Crippen LogP contribution is -2.44. The number of carbonyl (C=O) groups is 2. The molecular weight excluding hydrogens is 240 g/mol. The highest BCUT2D eigenvalue weighted by Crippen LogP contribution is 2.25. The summed E-state index contributed by atoms with van der Waals surface area (Å²) in [5, 5.41) is 5.98. The first kappa shape index (κ1) is 14.4. The van der Waals surface area contributed by atoms with Crippen LogP contribution >= 0.6 is 0 Å². The Kier molecular flexibility index (Phi) is 5.23. The van der Waals surface area contributed by atoms with Gasteiger partial charge in [-0.3, -0.25) is 9.59 Å². The van der Waals surface area contributed by atoms with Gasteiger partial charge in [0.05, 0.1) is 0 Å². The van der Waals surface area contributed by atoms with Crippen molar-refractivity contribution in [1.82, 2.24) is 10.6 Å². The molecule has 2 rings (SSSR count). The van der Waals surface area contributed by atoms with Crippen LogP contribution in [0.3, 0.4) is 0 Å². The summed E-state index contributed by atoms with van der Waals surface area (Å²) in [6.45, 7) is 2.51. The Morgan fingerprint density at radius 1 is 0.947 bits per heavy atom. The number of rotatable bonds is 5. The van der Waals surface area contributed by atoms with Gasteiger partial charge in [0.15, 0.2) is 0 Å². The summed E-state index contributed by atoms with van der Waals surface area (Å²) in [5.74, 6) is 0.741. The van der Waals surface area contributed by atoms with Crippen molar-refractivity contribution in [1.29, 1.82) is 0 Å². The van der Waals surface area contributed by atoms with E-state index in [2.05, 4.69) is 10.6 Å². The van der Waals surface area contributed by atoms with Gasteiger partial charge in [-0.05, 0) is 32.6 Å². The van der Waals surface area contributed by atoms with Crippen molar-refractivity contribution in [3.63, 3.8) is 0 Å². The highest BCUT2D eigenvalue weighted by molar-refractivity contribution is 5.80. The van der Waals surface area contributed by atoms with Gasteiger partial charge in [0.1, 0.15) is 0 Å². The summed E-state index contributed by atoms with van der Waals surface area (Å²) in [7, 11) is 0. The second-order valence-electron chi connectivity index (χ2n) is 6.12. The monoisotopic (exact) mass is 266 g/mol. The van der Waals surface area contributed by atoms with E-state index in [0.29, 0.717) is 6.54 Å². The molecule has 2 N–H and O–H groups in total. The summed E-state index contributed by atoms with van der Waals surface area (Å²) in [6, 6.07) is 0.0263. The van der Waals surface area contributed by atoms with Crippen molar-refractivity contribution in [2.24, 2.45) is 11.8 Å². The minimum atomic E-state index is 0.0263. The van der Waals surface area contributed by atoms with E-state index in [0.717, 1.165) is 25.7 Å². The van der Waals surface area contributed by atoms with E-state index in [4.69, 9.17) is 0 Å². The molecule has 4 nitrogen and oxygen atoms in total. The highest BCUT2D eigenvalue weighted by atomic mass is 16.2. The van der Waals surface area contributed by atoms with Crippen LogP contribution in [0.5, 0.6) is 0 Å². The van der Waals surface area contributed by atoms with E-state index >= 15 is 0 Å². The van der Waals surface area contributed by atoms with Crippen molar-refractivity contribution < 1.29 is 9.59 Å². The number of amides is 2. The molecule has 2 saturated carbocycles. The third-order valence-electron chi connectivity index (χ3n) is 4.42.